The second-order valence-corrected chi connectivity index (χ2v) is 7.20. The van der Waals surface area contributed by atoms with Gasteiger partial charge in [-0.2, -0.15) is 0 Å². The highest BCUT2D eigenvalue weighted by atomic mass is 16.5. The first-order chi connectivity index (χ1) is 14.7. The average Bonchev–Trinajstić information content (AvgIpc) is 2.68. The minimum absolute atomic E-state index is 0.0777. The lowest BCUT2D eigenvalue weighted by atomic mass is 10.1. The molecular formula is C22H26N4O5. The van der Waals surface area contributed by atoms with Crippen LogP contribution in [0.25, 0.3) is 0 Å². The van der Waals surface area contributed by atoms with Crippen molar-refractivity contribution in [3.05, 3.63) is 59.2 Å². The van der Waals surface area contributed by atoms with Crippen molar-refractivity contribution in [2.24, 2.45) is 0 Å². The molecule has 31 heavy (non-hydrogen) atoms. The molecule has 0 fully saturated rings. The van der Waals surface area contributed by atoms with Gasteiger partial charge in [-0.15, -0.1) is 0 Å². The zero-order valence-corrected chi connectivity index (χ0v) is 17.9. The number of hydrogen-bond donors (Lipinski definition) is 4. The molecule has 2 rings (SSSR count). The predicted molar refractivity (Wildman–Crippen MR) is 117 cm³/mol. The van der Waals surface area contributed by atoms with Crippen LogP contribution in [0.3, 0.4) is 0 Å². The van der Waals surface area contributed by atoms with Crippen LogP contribution < -0.4 is 21.3 Å². The molecule has 0 saturated heterocycles. The third-order valence-corrected chi connectivity index (χ3v) is 4.03. The number of aryl methyl sites for hydroxylation is 2. The fourth-order valence-electron chi connectivity index (χ4n) is 2.67. The first-order valence-corrected chi connectivity index (χ1v) is 9.67. The number of nitrogens with one attached hydrogen (secondary N) is 4. The number of carbonyl (C=O) groups is 4. The van der Waals surface area contributed by atoms with Gasteiger partial charge in [0.05, 0.1) is 11.3 Å². The molecule has 164 valence electrons. The highest BCUT2D eigenvalue weighted by Crippen LogP contribution is 2.17. The van der Waals surface area contributed by atoms with E-state index in [1.54, 1.807) is 32.0 Å². The Bertz CT molecular complexity index is 988. The Labute approximate surface area is 180 Å². The molecule has 0 heterocycles. The summed E-state index contributed by atoms with van der Waals surface area (Å²) in [6.07, 6.45) is 0. The Morgan fingerprint density at radius 2 is 1.58 bits per heavy atom. The molecule has 0 saturated carbocycles. The van der Waals surface area contributed by atoms with Gasteiger partial charge in [-0.05, 0) is 51.5 Å². The third kappa shape index (κ3) is 7.46. The second-order valence-electron chi connectivity index (χ2n) is 7.20. The van der Waals surface area contributed by atoms with Crippen LogP contribution in [-0.4, -0.2) is 36.6 Å². The number of amides is 5. The van der Waals surface area contributed by atoms with Crippen molar-refractivity contribution in [1.29, 1.82) is 0 Å². The van der Waals surface area contributed by atoms with E-state index >= 15 is 0 Å². The number of urea groups is 2. The van der Waals surface area contributed by atoms with Crippen molar-refractivity contribution in [2.75, 3.05) is 17.2 Å². The molecule has 0 aliphatic rings. The number of esters is 1. The van der Waals surface area contributed by atoms with Gasteiger partial charge < -0.3 is 20.7 Å². The van der Waals surface area contributed by atoms with Crippen molar-refractivity contribution in [3.8, 4) is 0 Å². The maximum absolute atomic E-state index is 12.4. The molecule has 0 atom stereocenters. The number of ether oxygens (including phenoxy) is 1. The topological polar surface area (TPSA) is 126 Å². The normalized spacial score (nSPS) is 10.2. The Hall–Kier alpha value is -3.88. The van der Waals surface area contributed by atoms with E-state index in [9.17, 15) is 19.2 Å². The number of carbonyl (C=O) groups excluding carboxylic acids is 4. The van der Waals surface area contributed by atoms with Gasteiger partial charge in [0.2, 0.25) is 0 Å². The molecule has 0 aliphatic heterocycles. The Morgan fingerprint density at radius 1 is 0.903 bits per heavy atom. The summed E-state index contributed by atoms with van der Waals surface area (Å²) in [6.45, 7) is 6.70. The molecule has 0 radical (unpaired) electrons. The van der Waals surface area contributed by atoms with Crippen molar-refractivity contribution in [1.82, 2.24) is 10.6 Å². The van der Waals surface area contributed by atoms with Gasteiger partial charge in [-0.3, -0.25) is 10.1 Å². The van der Waals surface area contributed by atoms with Crippen molar-refractivity contribution < 1.29 is 23.9 Å². The van der Waals surface area contributed by atoms with E-state index in [-0.39, 0.29) is 17.3 Å². The van der Waals surface area contributed by atoms with Crippen molar-refractivity contribution in [3.63, 3.8) is 0 Å². The van der Waals surface area contributed by atoms with Gasteiger partial charge in [0.25, 0.3) is 5.91 Å². The van der Waals surface area contributed by atoms with E-state index in [1.165, 1.54) is 12.1 Å². The van der Waals surface area contributed by atoms with Gasteiger partial charge in [-0.1, -0.05) is 29.8 Å². The Balaban J connectivity index is 1.90. The zero-order chi connectivity index (χ0) is 23.0. The van der Waals surface area contributed by atoms with Gasteiger partial charge in [-0.25, -0.2) is 14.4 Å². The van der Waals surface area contributed by atoms with Crippen LogP contribution >= 0.6 is 0 Å². The first-order valence-electron chi connectivity index (χ1n) is 9.67. The van der Waals surface area contributed by atoms with E-state index in [4.69, 9.17) is 4.74 Å². The number of hydrogen-bond acceptors (Lipinski definition) is 5. The van der Waals surface area contributed by atoms with Crippen LogP contribution in [-0.2, 0) is 9.53 Å². The number of anilines is 2. The predicted octanol–water partition coefficient (Wildman–Crippen LogP) is 3.34. The monoisotopic (exact) mass is 426 g/mol. The largest absolute Gasteiger partial charge is 0.452 e. The van der Waals surface area contributed by atoms with Crippen LogP contribution in [0.5, 0.6) is 0 Å². The molecule has 9 nitrogen and oxygen atoms in total. The zero-order valence-electron chi connectivity index (χ0n) is 17.9. The second kappa shape index (κ2) is 10.8. The smallest absolute Gasteiger partial charge is 0.340 e. The third-order valence-electron chi connectivity index (χ3n) is 4.03. The Kier molecular flexibility index (Phi) is 8.13. The van der Waals surface area contributed by atoms with Gasteiger partial charge in [0.1, 0.15) is 0 Å². The van der Waals surface area contributed by atoms with E-state index in [1.807, 2.05) is 26.0 Å². The molecule has 0 spiro atoms. The number of rotatable bonds is 6. The maximum Gasteiger partial charge on any atom is 0.340 e. The van der Waals surface area contributed by atoms with Crippen LogP contribution in [0.15, 0.2) is 42.5 Å². The molecule has 9 heteroatoms. The molecule has 0 aromatic heterocycles. The summed E-state index contributed by atoms with van der Waals surface area (Å²) in [7, 11) is 0. The first kappa shape index (κ1) is 23.4. The van der Waals surface area contributed by atoms with Crippen LogP contribution in [0.4, 0.5) is 21.0 Å². The van der Waals surface area contributed by atoms with Crippen LogP contribution in [0.2, 0.25) is 0 Å². The molecular weight excluding hydrogens is 400 g/mol. The fraction of sp³-hybridized carbons (Fsp3) is 0.273. The highest BCUT2D eigenvalue weighted by molar-refractivity contribution is 6.04. The maximum atomic E-state index is 12.4. The lowest BCUT2D eigenvalue weighted by molar-refractivity contribution is -0.123. The molecule has 5 amide bonds. The molecule has 0 aliphatic carbocycles. The quantitative estimate of drug-likeness (QED) is 0.527. The molecule has 2 aromatic carbocycles. The number of benzene rings is 2. The van der Waals surface area contributed by atoms with Gasteiger partial charge >= 0.3 is 18.0 Å². The van der Waals surface area contributed by atoms with Gasteiger partial charge in [0, 0.05) is 11.7 Å². The number of para-hydroxylation sites is 1. The summed E-state index contributed by atoms with van der Waals surface area (Å²) >= 11 is 0. The van der Waals surface area contributed by atoms with Crippen LogP contribution in [0, 0.1) is 13.8 Å². The SMILES string of the molecule is Cc1ccc(NC(=O)NC(=O)COC(=O)c2ccccc2NC(=O)NC(C)C)c(C)c1. The van der Waals surface area contributed by atoms with E-state index in [0.717, 1.165) is 11.1 Å². The molecule has 2 aromatic rings. The number of imide groups is 1. The molecule has 0 unspecified atom stereocenters. The fourth-order valence-corrected chi connectivity index (χ4v) is 2.67. The summed E-state index contributed by atoms with van der Waals surface area (Å²) in [5, 5.41) is 9.88. The van der Waals surface area contributed by atoms with Gasteiger partial charge in [0.15, 0.2) is 6.61 Å². The highest BCUT2D eigenvalue weighted by Gasteiger charge is 2.17. The van der Waals surface area contributed by atoms with E-state index in [0.29, 0.717) is 5.69 Å². The van der Waals surface area contributed by atoms with Crippen LogP contribution in [0.1, 0.15) is 35.3 Å². The van der Waals surface area contributed by atoms with E-state index < -0.39 is 30.5 Å². The Morgan fingerprint density at radius 3 is 2.26 bits per heavy atom. The standard InChI is InChI=1S/C22H26N4O5/c1-13(2)23-21(29)25-18-8-6-5-7-16(18)20(28)31-12-19(27)26-22(30)24-17-10-9-14(3)11-15(17)4/h5-11,13H,12H2,1-4H3,(H2,23,25,29)(H2,24,26,27,30). The molecule has 0 bridgehead atoms. The summed E-state index contributed by atoms with van der Waals surface area (Å²) < 4.78 is 4.98. The van der Waals surface area contributed by atoms with Crippen molar-refractivity contribution in [2.45, 2.75) is 33.7 Å². The average molecular weight is 426 g/mol. The minimum Gasteiger partial charge on any atom is -0.452 e. The lowest BCUT2D eigenvalue weighted by Crippen LogP contribution is -2.37. The summed E-state index contributed by atoms with van der Waals surface area (Å²) in [6, 6.07) is 10.4. The van der Waals surface area contributed by atoms with Crippen molar-refractivity contribution >= 4 is 35.3 Å². The minimum atomic E-state index is -0.814. The summed E-state index contributed by atoms with van der Waals surface area (Å²) in [4.78, 5) is 48.2. The lowest BCUT2D eigenvalue weighted by Gasteiger charge is -2.13. The van der Waals surface area contributed by atoms with E-state index in [2.05, 4.69) is 21.3 Å². The summed E-state index contributed by atoms with van der Waals surface area (Å²) in [5.74, 6) is -1.61. The molecule has 4 N–H and O–H groups in total. The summed E-state index contributed by atoms with van der Waals surface area (Å²) in [5.41, 5.74) is 2.77.